The summed E-state index contributed by atoms with van der Waals surface area (Å²) in [6, 6.07) is 0. The Morgan fingerprint density at radius 3 is 2.58 bits per heavy atom. The van der Waals surface area contributed by atoms with Gasteiger partial charge in [-0.15, -0.1) is 13.2 Å². The maximum Gasteiger partial charge on any atom is 0.305 e. The molecular weight excluding hydrogens is 240 g/mol. The lowest BCUT2D eigenvalue weighted by atomic mass is 9.88. The first-order valence-electron chi connectivity index (χ1n) is 7.28. The summed E-state index contributed by atoms with van der Waals surface area (Å²) < 4.78 is 4.69. The molecule has 0 saturated heterocycles. The van der Waals surface area contributed by atoms with Crippen LogP contribution in [0.25, 0.3) is 0 Å². The summed E-state index contributed by atoms with van der Waals surface area (Å²) in [5.74, 6) is 0.529. The predicted octanol–water partition coefficient (Wildman–Crippen LogP) is 3.92. The number of unbranched alkanes of at least 4 members (excludes halogenated alkanes) is 3. The second kappa shape index (κ2) is 10.8. The minimum absolute atomic E-state index is 0.117. The highest BCUT2D eigenvalue weighted by molar-refractivity contribution is 5.84. The summed E-state index contributed by atoms with van der Waals surface area (Å²) in [4.78, 5) is 23.0. The molecule has 3 nitrogen and oxygen atoms in total. The van der Waals surface area contributed by atoms with Gasteiger partial charge in [0.25, 0.3) is 0 Å². The molecule has 0 aliphatic heterocycles. The lowest BCUT2D eigenvalue weighted by Gasteiger charge is -2.16. The quantitative estimate of drug-likeness (QED) is 0.399. The molecular formula is C16H28O3. The van der Waals surface area contributed by atoms with E-state index in [-0.39, 0.29) is 17.8 Å². The third-order valence-corrected chi connectivity index (χ3v) is 3.77. The van der Waals surface area contributed by atoms with Gasteiger partial charge in [0.05, 0.1) is 7.11 Å². The van der Waals surface area contributed by atoms with Crippen LogP contribution in [0.15, 0.2) is 13.2 Å². The second-order valence-corrected chi connectivity index (χ2v) is 5.00. The van der Waals surface area contributed by atoms with E-state index < -0.39 is 0 Å². The fourth-order valence-corrected chi connectivity index (χ4v) is 2.71. The number of ketones is 1. The molecule has 2 unspecified atom stereocenters. The zero-order valence-electron chi connectivity index (χ0n) is 12.5. The van der Waals surface area contributed by atoms with Gasteiger partial charge in [-0.1, -0.05) is 32.6 Å². The minimum Gasteiger partial charge on any atom is -0.469 e. The van der Waals surface area contributed by atoms with E-state index in [0.29, 0.717) is 18.6 Å². The summed E-state index contributed by atoms with van der Waals surface area (Å²) in [6.07, 6.45) is 7.66. The van der Waals surface area contributed by atoms with Crippen LogP contribution in [0, 0.1) is 11.8 Å². The molecule has 1 aliphatic carbocycles. The zero-order chi connectivity index (χ0) is 14.7. The summed E-state index contributed by atoms with van der Waals surface area (Å²) in [6.45, 7) is 8.18. The topological polar surface area (TPSA) is 43.4 Å². The summed E-state index contributed by atoms with van der Waals surface area (Å²) in [5.41, 5.74) is 0. The molecule has 0 radical (unpaired) electrons. The van der Waals surface area contributed by atoms with Crippen molar-refractivity contribution in [1.82, 2.24) is 0 Å². The molecule has 0 amide bonds. The van der Waals surface area contributed by atoms with Crippen molar-refractivity contribution < 1.29 is 14.3 Å². The summed E-state index contributed by atoms with van der Waals surface area (Å²) >= 11 is 0. The van der Waals surface area contributed by atoms with Crippen LogP contribution in [0.4, 0.5) is 0 Å². The first kappa shape index (κ1) is 17.9. The molecule has 19 heavy (non-hydrogen) atoms. The SMILES string of the molecule is C=C.CCCCCCC1C(=O)CCC1CC(=O)OC. The Morgan fingerprint density at radius 2 is 2.00 bits per heavy atom. The number of Topliss-reactive ketones (excluding diaryl/α,β-unsaturated/α-hetero) is 1. The van der Waals surface area contributed by atoms with Crippen LogP contribution < -0.4 is 0 Å². The van der Waals surface area contributed by atoms with Gasteiger partial charge in [-0.3, -0.25) is 9.59 Å². The largest absolute Gasteiger partial charge is 0.469 e. The highest BCUT2D eigenvalue weighted by Gasteiger charge is 2.35. The minimum atomic E-state index is -0.178. The van der Waals surface area contributed by atoms with E-state index in [1.807, 2.05) is 0 Å². The van der Waals surface area contributed by atoms with E-state index in [1.165, 1.54) is 26.4 Å². The molecule has 2 atom stereocenters. The van der Waals surface area contributed by atoms with Gasteiger partial charge in [-0.2, -0.15) is 0 Å². The van der Waals surface area contributed by atoms with E-state index in [1.54, 1.807) is 0 Å². The number of hydrogen-bond acceptors (Lipinski definition) is 3. The monoisotopic (exact) mass is 268 g/mol. The van der Waals surface area contributed by atoms with Crippen molar-refractivity contribution in [1.29, 1.82) is 0 Å². The summed E-state index contributed by atoms with van der Waals surface area (Å²) in [7, 11) is 1.41. The molecule has 0 heterocycles. The van der Waals surface area contributed by atoms with Crippen molar-refractivity contribution in [3.63, 3.8) is 0 Å². The number of rotatable bonds is 7. The second-order valence-electron chi connectivity index (χ2n) is 5.00. The number of hydrogen-bond donors (Lipinski definition) is 0. The Morgan fingerprint density at radius 1 is 1.32 bits per heavy atom. The van der Waals surface area contributed by atoms with E-state index in [4.69, 9.17) is 0 Å². The number of methoxy groups -OCH3 is 1. The van der Waals surface area contributed by atoms with Gasteiger partial charge >= 0.3 is 5.97 Å². The van der Waals surface area contributed by atoms with Gasteiger partial charge in [0, 0.05) is 18.8 Å². The van der Waals surface area contributed by atoms with Gasteiger partial charge in [-0.05, 0) is 18.8 Å². The van der Waals surface area contributed by atoms with Crippen LogP contribution in [-0.4, -0.2) is 18.9 Å². The molecule has 0 N–H and O–H groups in total. The zero-order valence-corrected chi connectivity index (χ0v) is 12.5. The van der Waals surface area contributed by atoms with Gasteiger partial charge < -0.3 is 4.74 Å². The van der Waals surface area contributed by atoms with Gasteiger partial charge in [0.15, 0.2) is 0 Å². The third-order valence-electron chi connectivity index (χ3n) is 3.77. The first-order chi connectivity index (χ1) is 9.19. The number of carbonyl (C=O) groups is 2. The van der Waals surface area contributed by atoms with Crippen LogP contribution in [0.1, 0.15) is 58.3 Å². The number of carbonyl (C=O) groups excluding carboxylic acids is 2. The Bertz CT molecular complexity index is 273. The van der Waals surface area contributed by atoms with Crippen molar-refractivity contribution in [2.24, 2.45) is 11.8 Å². The normalized spacial score (nSPS) is 21.7. The van der Waals surface area contributed by atoms with Crippen LogP contribution in [0.5, 0.6) is 0 Å². The molecule has 0 aromatic rings. The molecule has 0 aromatic heterocycles. The Balaban J connectivity index is 0.00000154. The third kappa shape index (κ3) is 6.55. The first-order valence-corrected chi connectivity index (χ1v) is 7.28. The highest BCUT2D eigenvalue weighted by atomic mass is 16.5. The van der Waals surface area contributed by atoms with Gasteiger partial charge in [0.2, 0.25) is 0 Å². The van der Waals surface area contributed by atoms with Crippen LogP contribution in [0.2, 0.25) is 0 Å². The van der Waals surface area contributed by atoms with Crippen molar-refractivity contribution in [3.8, 4) is 0 Å². The molecule has 1 aliphatic rings. The number of ether oxygens (including phenoxy) is 1. The Labute approximate surface area is 117 Å². The van der Waals surface area contributed by atoms with Gasteiger partial charge in [0.1, 0.15) is 5.78 Å². The molecule has 0 bridgehead atoms. The molecule has 1 saturated carbocycles. The fourth-order valence-electron chi connectivity index (χ4n) is 2.71. The highest BCUT2D eigenvalue weighted by Crippen LogP contribution is 2.35. The molecule has 0 spiro atoms. The van der Waals surface area contributed by atoms with Gasteiger partial charge in [-0.25, -0.2) is 0 Å². The summed E-state index contributed by atoms with van der Waals surface area (Å²) in [5, 5.41) is 0. The lowest BCUT2D eigenvalue weighted by molar-refractivity contribution is -0.142. The predicted molar refractivity (Wildman–Crippen MR) is 77.9 cm³/mol. The van der Waals surface area contributed by atoms with Crippen molar-refractivity contribution in [2.45, 2.75) is 58.3 Å². The van der Waals surface area contributed by atoms with Crippen molar-refractivity contribution in [3.05, 3.63) is 13.2 Å². The van der Waals surface area contributed by atoms with Crippen LogP contribution in [0.3, 0.4) is 0 Å². The maximum absolute atomic E-state index is 11.8. The molecule has 1 rings (SSSR count). The molecule has 3 heteroatoms. The molecule has 1 fully saturated rings. The lowest BCUT2D eigenvalue weighted by Crippen LogP contribution is -2.18. The number of esters is 1. The van der Waals surface area contributed by atoms with Crippen molar-refractivity contribution >= 4 is 11.8 Å². The Hall–Kier alpha value is -1.12. The van der Waals surface area contributed by atoms with E-state index in [9.17, 15) is 9.59 Å². The fraction of sp³-hybridized carbons (Fsp3) is 0.750. The smallest absolute Gasteiger partial charge is 0.305 e. The van der Waals surface area contributed by atoms with E-state index in [2.05, 4.69) is 24.8 Å². The van der Waals surface area contributed by atoms with Crippen molar-refractivity contribution in [2.75, 3.05) is 7.11 Å². The van der Waals surface area contributed by atoms with Crippen LogP contribution >= 0.6 is 0 Å². The average Bonchev–Trinajstić information content (AvgIpc) is 2.78. The average molecular weight is 268 g/mol. The van der Waals surface area contributed by atoms with E-state index in [0.717, 1.165) is 19.3 Å². The Kier molecular flexibility index (Phi) is 10.1. The standard InChI is InChI=1S/C14H24O3.C2H4/c1-3-4-5-6-7-12-11(8-9-13(12)15)10-14(16)17-2;1-2/h11-12H,3-10H2,1-2H3;1-2H2. The molecule has 0 aromatic carbocycles. The van der Waals surface area contributed by atoms with E-state index >= 15 is 0 Å². The van der Waals surface area contributed by atoms with Crippen LogP contribution in [-0.2, 0) is 14.3 Å². The maximum atomic E-state index is 11.8. The molecule has 110 valence electrons.